The Hall–Kier alpha value is -1.71. The van der Waals surface area contributed by atoms with Crippen LogP contribution in [-0.2, 0) is 5.41 Å². The summed E-state index contributed by atoms with van der Waals surface area (Å²) in [4.78, 5) is 8.48. The average molecular weight is 217 g/mol. The van der Waals surface area contributed by atoms with Gasteiger partial charge in [0.15, 0.2) is 0 Å². The maximum Gasteiger partial charge on any atom is 0.223 e. The van der Waals surface area contributed by atoms with Crippen LogP contribution >= 0.6 is 0 Å². The second kappa shape index (κ2) is 3.70. The quantitative estimate of drug-likeness (QED) is 0.737. The van der Waals surface area contributed by atoms with Gasteiger partial charge in [0.2, 0.25) is 11.7 Å². The molecule has 2 aromatic rings. The van der Waals surface area contributed by atoms with Gasteiger partial charge in [0, 0.05) is 13.1 Å². The third-order valence-corrected chi connectivity index (χ3v) is 2.39. The Morgan fingerprint density at radius 3 is 2.38 bits per heavy atom. The van der Waals surface area contributed by atoms with E-state index in [0.717, 1.165) is 5.69 Å². The summed E-state index contributed by atoms with van der Waals surface area (Å²) >= 11 is 0. The smallest absolute Gasteiger partial charge is 0.223 e. The minimum absolute atomic E-state index is 0.110. The lowest BCUT2D eigenvalue weighted by Gasteiger charge is -2.18. The van der Waals surface area contributed by atoms with Crippen molar-refractivity contribution in [3.8, 4) is 11.5 Å². The zero-order valence-corrected chi connectivity index (χ0v) is 9.98. The van der Waals surface area contributed by atoms with Gasteiger partial charge in [-0.25, -0.2) is 0 Å². The van der Waals surface area contributed by atoms with Crippen molar-refractivity contribution in [3.63, 3.8) is 0 Å². The van der Waals surface area contributed by atoms with Gasteiger partial charge in [-0.2, -0.15) is 4.98 Å². The molecule has 4 nitrogen and oxygen atoms in total. The number of aromatic nitrogens is 3. The van der Waals surface area contributed by atoms with Gasteiger partial charge in [0.25, 0.3) is 0 Å². The summed E-state index contributed by atoms with van der Waals surface area (Å²) in [6.45, 7) is 8.23. The molecule has 0 aliphatic rings. The topological polar surface area (TPSA) is 51.8 Å². The van der Waals surface area contributed by atoms with E-state index in [4.69, 9.17) is 4.52 Å². The highest BCUT2D eigenvalue weighted by atomic mass is 16.5. The molecule has 0 aliphatic heterocycles. The van der Waals surface area contributed by atoms with Crippen LogP contribution in [0.5, 0.6) is 0 Å². The maximum atomic E-state index is 4.92. The predicted octanol–water partition coefficient (Wildman–Crippen LogP) is 2.74. The number of rotatable bonds is 1. The normalized spacial score (nSPS) is 11.8. The lowest BCUT2D eigenvalue weighted by molar-refractivity contribution is 0.394. The summed E-state index contributed by atoms with van der Waals surface area (Å²) in [5, 5.41) is 3.83. The average Bonchev–Trinajstić information content (AvgIpc) is 2.64. The number of nitrogens with zero attached hydrogens (tertiary/aromatic N) is 3. The first-order valence-corrected chi connectivity index (χ1v) is 5.24. The molecule has 2 heterocycles. The molecular weight excluding hydrogens is 202 g/mol. The van der Waals surface area contributed by atoms with Gasteiger partial charge in [-0.15, -0.1) is 0 Å². The van der Waals surface area contributed by atoms with Gasteiger partial charge in [0.05, 0.1) is 0 Å². The van der Waals surface area contributed by atoms with Crippen LogP contribution in [0.1, 0.15) is 32.2 Å². The van der Waals surface area contributed by atoms with E-state index in [9.17, 15) is 0 Å². The molecule has 0 N–H and O–H groups in total. The lowest BCUT2D eigenvalue weighted by atomic mass is 9.88. The van der Waals surface area contributed by atoms with Crippen LogP contribution in [0.15, 0.2) is 22.9 Å². The fourth-order valence-corrected chi connectivity index (χ4v) is 1.37. The molecule has 2 aromatic heterocycles. The van der Waals surface area contributed by atoms with Crippen molar-refractivity contribution in [2.24, 2.45) is 0 Å². The van der Waals surface area contributed by atoms with Gasteiger partial charge >= 0.3 is 0 Å². The molecule has 0 spiro atoms. The van der Waals surface area contributed by atoms with Crippen molar-refractivity contribution in [2.45, 2.75) is 33.1 Å². The Labute approximate surface area is 94.7 Å². The van der Waals surface area contributed by atoms with E-state index in [1.807, 2.05) is 18.3 Å². The molecule has 0 saturated carbocycles. The maximum absolute atomic E-state index is 4.92. The second-order valence-electron chi connectivity index (χ2n) is 4.82. The summed E-state index contributed by atoms with van der Waals surface area (Å²) in [5.74, 6) is 1.09. The Balaban J connectivity index is 2.33. The summed E-state index contributed by atoms with van der Waals surface area (Å²) in [6.07, 6.45) is 1.86. The summed E-state index contributed by atoms with van der Waals surface area (Å²) in [6, 6.07) is 3.97. The molecule has 4 heteroatoms. The first kappa shape index (κ1) is 10.8. The van der Waals surface area contributed by atoms with Crippen LogP contribution in [0.3, 0.4) is 0 Å². The van der Waals surface area contributed by atoms with Gasteiger partial charge in [-0.3, -0.25) is 4.98 Å². The van der Waals surface area contributed by atoms with Crippen molar-refractivity contribution in [2.75, 3.05) is 0 Å². The predicted molar refractivity (Wildman–Crippen MR) is 61.0 cm³/mol. The fourth-order valence-electron chi connectivity index (χ4n) is 1.37. The zero-order chi connectivity index (χ0) is 11.8. The van der Waals surface area contributed by atoms with E-state index in [2.05, 4.69) is 35.9 Å². The van der Waals surface area contributed by atoms with Crippen LogP contribution < -0.4 is 0 Å². The van der Waals surface area contributed by atoms with Crippen LogP contribution in [-0.4, -0.2) is 15.1 Å². The molecule has 84 valence electrons. The molecule has 0 fully saturated rings. The van der Waals surface area contributed by atoms with Gasteiger partial charge in [0.1, 0.15) is 5.69 Å². The van der Waals surface area contributed by atoms with E-state index in [1.165, 1.54) is 5.56 Å². The van der Waals surface area contributed by atoms with Gasteiger partial charge in [-0.05, 0) is 17.0 Å². The third-order valence-electron chi connectivity index (χ3n) is 2.39. The first-order valence-electron chi connectivity index (χ1n) is 5.24. The first-order chi connectivity index (χ1) is 7.47. The Kier molecular flexibility index (Phi) is 2.50. The standard InChI is InChI=1S/C12H15N3O/c1-8-14-11(15-16-8)10-6-5-9(7-13-10)12(2,3)4/h5-7H,1-4H3. The monoisotopic (exact) mass is 217 g/mol. The SMILES string of the molecule is Cc1nc(-c2ccc(C(C)(C)C)cn2)no1. The lowest BCUT2D eigenvalue weighted by Crippen LogP contribution is -2.11. The molecule has 16 heavy (non-hydrogen) atoms. The molecule has 0 unspecified atom stereocenters. The minimum Gasteiger partial charge on any atom is -0.339 e. The van der Waals surface area contributed by atoms with Gasteiger partial charge < -0.3 is 4.52 Å². The van der Waals surface area contributed by atoms with E-state index >= 15 is 0 Å². The molecule has 0 bridgehead atoms. The summed E-state index contributed by atoms with van der Waals surface area (Å²) < 4.78 is 4.92. The molecule has 0 atom stereocenters. The van der Waals surface area contributed by atoms with Crippen LogP contribution in [0.4, 0.5) is 0 Å². The second-order valence-corrected chi connectivity index (χ2v) is 4.82. The Morgan fingerprint density at radius 2 is 1.94 bits per heavy atom. The minimum atomic E-state index is 0.110. The van der Waals surface area contributed by atoms with Crippen molar-refractivity contribution in [1.29, 1.82) is 0 Å². The van der Waals surface area contributed by atoms with Crippen molar-refractivity contribution < 1.29 is 4.52 Å². The van der Waals surface area contributed by atoms with Crippen molar-refractivity contribution >= 4 is 0 Å². The largest absolute Gasteiger partial charge is 0.339 e. The number of hydrogen-bond donors (Lipinski definition) is 0. The molecule has 0 saturated heterocycles. The van der Waals surface area contributed by atoms with Crippen LogP contribution in [0.2, 0.25) is 0 Å². The number of aryl methyl sites for hydroxylation is 1. The van der Waals surface area contributed by atoms with E-state index < -0.39 is 0 Å². The highest BCUT2D eigenvalue weighted by Gasteiger charge is 2.14. The van der Waals surface area contributed by atoms with Crippen LogP contribution in [0, 0.1) is 6.92 Å². The molecule has 0 amide bonds. The summed E-state index contributed by atoms with van der Waals surface area (Å²) in [5.41, 5.74) is 2.04. The molecule has 2 rings (SSSR count). The summed E-state index contributed by atoms with van der Waals surface area (Å²) in [7, 11) is 0. The van der Waals surface area contributed by atoms with E-state index in [1.54, 1.807) is 6.92 Å². The molecule has 0 radical (unpaired) electrons. The Bertz CT molecular complexity index is 480. The number of pyridine rings is 1. The van der Waals surface area contributed by atoms with Crippen LogP contribution in [0.25, 0.3) is 11.5 Å². The highest BCUT2D eigenvalue weighted by Crippen LogP contribution is 2.22. The van der Waals surface area contributed by atoms with Crippen molar-refractivity contribution in [3.05, 3.63) is 29.8 Å². The third kappa shape index (κ3) is 2.10. The highest BCUT2D eigenvalue weighted by molar-refractivity contribution is 5.48. The number of hydrogen-bond acceptors (Lipinski definition) is 4. The van der Waals surface area contributed by atoms with E-state index in [0.29, 0.717) is 11.7 Å². The molecule has 0 aliphatic carbocycles. The zero-order valence-electron chi connectivity index (χ0n) is 9.98. The fraction of sp³-hybridized carbons (Fsp3) is 0.417. The Morgan fingerprint density at radius 1 is 1.19 bits per heavy atom. The molecular formula is C12H15N3O. The van der Waals surface area contributed by atoms with E-state index in [-0.39, 0.29) is 5.41 Å². The molecule has 0 aromatic carbocycles. The van der Waals surface area contributed by atoms with Crippen molar-refractivity contribution in [1.82, 2.24) is 15.1 Å². The van der Waals surface area contributed by atoms with Gasteiger partial charge in [-0.1, -0.05) is 32.0 Å².